The van der Waals surface area contributed by atoms with E-state index in [9.17, 15) is 12.8 Å². The number of sulfonamides is 1. The molecule has 0 aliphatic carbocycles. The quantitative estimate of drug-likeness (QED) is 0.593. The molecule has 2 aromatic carbocycles. The monoisotopic (exact) mass is 293 g/mol. The molecule has 20 heavy (non-hydrogen) atoms. The van der Waals surface area contributed by atoms with E-state index in [0.29, 0.717) is 0 Å². The molecule has 0 saturated heterocycles. The van der Waals surface area contributed by atoms with Crippen molar-refractivity contribution in [1.29, 1.82) is 5.41 Å². The summed E-state index contributed by atoms with van der Waals surface area (Å²) in [5.74, 6) is -1.31. The Hall–Kier alpha value is -2.41. The van der Waals surface area contributed by atoms with Gasteiger partial charge in [0.2, 0.25) is 0 Å². The van der Waals surface area contributed by atoms with E-state index in [1.807, 2.05) is 0 Å². The molecule has 7 heteroatoms. The maximum absolute atomic E-state index is 13.6. The van der Waals surface area contributed by atoms with Crippen molar-refractivity contribution < 1.29 is 12.8 Å². The third kappa shape index (κ3) is 2.77. The Kier molecular flexibility index (Phi) is 3.71. The molecular formula is C13H12FN3O2S. The molecule has 0 aromatic heterocycles. The summed E-state index contributed by atoms with van der Waals surface area (Å²) >= 11 is 0. The van der Waals surface area contributed by atoms with E-state index >= 15 is 0 Å². The number of nitrogen functional groups attached to an aromatic ring is 1. The van der Waals surface area contributed by atoms with Gasteiger partial charge < -0.3 is 5.73 Å². The highest BCUT2D eigenvalue weighted by molar-refractivity contribution is 7.92. The highest BCUT2D eigenvalue weighted by atomic mass is 32.2. The molecule has 0 fully saturated rings. The van der Waals surface area contributed by atoms with Crippen LogP contribution in [-0.2, 0) is 10.0 Å². The zero-order valence-electron chi connectivity index (χ0n) is 10.3. The number of amidine groups is 1. The molecule has 2 aromatic rings. The lowest BCUT2D eigenvalue weighted by Gasteiger charge is -2.12. The maximum atomic E-state index is 13.6. The van der Waals surface area contributed by atoms with Crippen molar-refractivity contribution in [3.8, 4) is 0 Å². The maximum Gasteiger partial charge on any atom is 0.261 e. The molecule has 0 spiro atoms. The molecule has 0 aliphatic heterocycles. The predicted octanol–water partition coefficient (Wildman–Crippen LogP) is 1.91. The molecule has 2 rings (SSSR count). The third-order valence-electron chi connectivity index (χ3n) is 2.58. The molecule has 104 valence electrons. The highest BCUT2D eigenvalue weighted by Crippen LogP contribution is 2.22. The summed E-state index contributed by atoms with van der Waals surface area (Å²) < 4.78 is 40.1. The minimum atomic E-state index is -3.85. The van der Waals surface area contributed by atoms with Crippen LogP contribution < -0.4 is 10.5 Å². The zero-order chi connectivity index (χ0) is 14.8. The second kappa shape index (κ2) is 5.30. The second-order valence-corrected chi connectivity index (χ2v) is 5.68. The number of benzene rings is 2. The van der Waals surface area contributed by atoms with Crippen LogP contribution in [0.15, 0.2) is 53.4 Å². The van der Waals surface area contributed by atoms with Crippen molar-refractivity contribution in [3.05, 3.63) is 59.9 Å². The fraction of sp³-hybridized carbons (Fsp3) is 0. The smallest absolute Gasteiger partial charge is 0.261 e. The molecule has 0 aliphatic rings. The van der Waals surface area contributed by atoms with Crippen molar-refractivity contribution in [2.75, 3.05) is 4.72 Å². The molecule has 4 N–H and O–H groups in total. The van der Waals surface area contributed by atoms with Crippen molar-refractivity contribution >= 4 is 21.5 Å². The van der Waals surface area contributed by atoms with Gasteiger partial charge in [0.1, 0.15) is 11.7 Å². The lowest BCUT2D eigenvalue weighted by Crippen LogP contribution is -2.20. The van der Waals surface area contributed by atoms with Gasteiger partial charge >= 0.3 is 0 Å². The fourth-order valence-electron chi connectivity index (χ4n) is 1.69. The molecule has 0 atom stereocenters. The second-order valence-electron chi connectivity index (χ2n) is 3.99. The molecule has 0 bridgehead atoms. The first-order valence-electron chi connectivity index (χ1n) is 5.62. The summed E-state index contributed by atoms with van der Waals surface area (Å²) in [4.78, 5) is 0.0405. The average Bonchev–Trinajstić information content (AvgIpc) is 2.39. The first kappa shape index (κ1) is 14.0. The number of nitrogens with two attached hydrogens (primary N) is 1. The van der Waals surface area contributed by atoms with Gasteiger partial charge in [-0.1, -0.05) is 24.3 Å². The van der Waals surface area contributed by atoms with E-state index < -0.39 is 21.7 Å². The van der Waals surface area contributed by atoms with Crippen LogP contribution in [0.3, 0.4) is 0 Å². The number of hydrogen-bond donors (Lipinski definition) is 3. The van der Waals surface area contributed by atoms with Gasteiger partial charge in [0.25, 0.3) is 10.0 Å². The lowest BCUT2D eigenvalue weighted by atomic mass is 10.1. The minimum Gasteiger partial charge on any atom is -0.384 e. The predicted molar refractivity (Wildman–Crippen MR) is 74.7 cm³/mol. The van der Waals surface area contributed by atoms with Gasteiger partial charge in [0, 0.05) is 0 Å². The molecule has 0 unspecified atom stereocenters. The van der Waals surface area contributed by atoms with E-state index in [4.69, 9.17) is 11.1 Å². The number of nitrogens with one attached hydrogen (secondary N) is 2. The Labute approximate surface area is 115 Å². The first-order valence-corrected chi connectivity index (χ1v) is 7.11. The molecule has 0 saturated carbocycles. The van der Waals surface area contributed by atoms with Crippen LogP contribution in [0, 0.1) is 11.2 Å². The van der Waals surface area contributed by atoms with E-state index in [-0.39, 0.29) is 16.1 Å². The van der Waals surface area contributed by atoms with Gasteiger partial charge in [-0.2, -0.15) is 0 Å². The van der Waals surface area contributed by atoms with E-state index in [1.165, 1.54) is 24.3 Å². The SMILES string of the molecule is N=C(N)c1c(F)cccc1NS(=O)(=O)c1ccccc1. The van der Waals surface area contributed by atoms with Gasteiger partial charge in [-0.25, -0.2) is 12.8 Å². The van der Waals surface area contributed by atoms with E-state index in [1.54, 1.807) is 18.2 Å². The summed E-state index contributed by atoms with van der Waals surface area (Å²) in [5.41, 5.74) is 4.94. The molecule has 0 amide bonds. The van der Waals surface area contributed by atoms with E-state index in [2.05, 4.69) is 4.72 Å². The fourth-order valence-corrected chi connectivity index (χ4v) is 2.78. The van der Waals surface area contributed by atoms with Crippen LogP contribution in [0.4, 0.5) is 10.1 Å². The van der Waals surface area contributed by atoms with Gasteiger partial charge in [-0.3, -0.25) is 10.1 Å². The average molecular weight is 293 g/mol. The van der Waals surface area contributed by atoms with Gasteiger partial charge in [-0.15, -0.1) is 0 Å². The van der Waals surface area contributed by atoms with Crippen molar-refractivity contribution in [2.24, 2.45) is 5.73 Å². The normalized spacial score (nSPS) is 11.1. The largest absolute Gasteiger partial charge is 0.384 e. The van der Waals surface area contributed by atoms with Crippen molar-refractivity contribution in [2.45, 2.75) is 4.90 Å². The zero-order valence-corrected chi connectivity index (χ0v) is 11.1. The van der Waals surface area contributed by atoms with Crippen LogP contribution in [0.5, 0.6) is 0 Å². The van der Waals surface area contributed by atoms with Crippen molar-refractivity contribution in [3.63, 3.8) is 0 Å². The van der Waals surface area contributed by atoms with E-state index in [0.717, 1.165) is 6.07 Å². The summed E-state index contributed by atoms with van der Waals surface area (Å²) in [6.07, 6.45) is 0. The number of halogens is 1. The Morgan fingerprint density at radius 3 is 2.35 bits per heavy atom. The van der Waals surface area contributed by atoms with Crippen LogP contribution >= 0.6 is 0 Å². The standard InChI is InChI=1S/C13H12FN3O2S/c14-10-7-4-8-11(12(10)13(15)16)17-20(18,19)9-5-2-1-3-6-9/h1-8,17H,(H3,15,16). The summed E-state index contributed by atoms with van der Waals surface area (Å²) in [5, 5.41) is 7.33. The topological polar surface area (TPSA) is 96.0 Å². The van der Waals surface area contributed by atoms with Gasteiger partial charge in [0.05, 0.1) is 16.1 Å². The van der Waals surface area contributed by atoms with Gasteiger partial charge in [0.15, 0.2) is 0 Å². The Morgan fingerprint density at radius 2 is 1.75 bits per heavy atom. The number of anilines is 1. The Balaban J connectivity index is 2.46. The minimum absolute atomic E-state index is 0.0405. The van der Waals surface area contributed by atoms with Crippen LogP contribution in [-0.4, -0.2) is 14.3 Å². The third-order valence-corrected chi connectivity index (χ3v) is 3.96. The van der Waals surface area contributed by atoms with Crippen LogP contribution in [0.25, 0.3) is 0 Å². The number of rotatable bonds is 4. The van der Waals surface area contributed by atoms with Gasteiger partial charge in [-0.05, 0) is 24.3 Å². The Bertz CT molecular complexity index is 745. The highest BCUT2D eigenvalue weighted by Gasteiger charge is 2.18. The molecule has 0 radical (unpaired) electrons. The Morgan fingerprint density at radius 1 is 1.10 bits per heavy atom. The first-order chi connectivity index (χ1) is 9.42. The summed E-state index contributed by atoms with van der Waals surface area (Å²) in [6, 6.07) is 11.5. The van der Waals surface area contributed by atoms with Crippen molar-refractivity contribution in [1.82, 2.24) is 0 Å². The lowest BCUT2D eigenvalue weighted by molar-refractivity contribution is 0.601. The summed E-state index contributed by atoms with van der Waals surface area (Å²) in [7, 11) is -3.85. The van der Waals surface area contributed by atoms with Crippen LogP contribution in [0.2, 0.25) is 0 Å². The molecular weight excluding hydrogens is 281 g/mol. The summed E-state index contributed by atoms with van der Waals surface area (Å²) in [6.45, 7) is 0. The number of hydrogen-bond acceptors (Lipinski definition) is 3. The van der Waals surface area contributed by atoms with Crippen LogP contribution in [0.1, 0.15) is 5.56 Å². The molecule has 0 heterocycles. The molecule has 5 nitrogen and oxygen atoms in total.